The van der Waals surface area contributed by atoms with Gasteiger partial charge in [-0.15, -0.1) is 0 Å². The van der Waals surface area contributed by atoms with Crippen LogP contribution in [0.3, 0.4) is 0 Å². The largest absolute Gasteiger partial charge is 0.496 e. The minimum atomic E-state index is -0.721. The second-order valence-electron chi connectivity index (χ2n) is 3.73. The Bertz CT molecular complexity index is 542. The summed E-state index contributed by atoms with van der Waals surface area (Å²) in [5.74, 6) is 1.11. The molecule has 0 amide bonds. The lowest BCUT2D eigenvalue weighted by atomic mass is 10.2. The van der Waals surface area contributed by atoms with Crippen molar-refractivity contribution in [3.8, 4) is 17.2 Å². The van der Waals surface area contributed by atoms with Crippen LogP contribution in [0.2, 0.25) is 5.02 Å². The number of ether oxygens (including phenoxy) is 1. The SMILES string of the molecule is CCC(O)c1noc(-c2ccc(Cl)cc2OC)n1. The molecule has 5 nitrogen and oxygen atoms in total. The van der Waals surface area contributed by atoms with Crippen molar-refractivity contribution in [2.24, 2.45) is 0 Å². The molecule has 18 heavy (non-hydrogen) atoms. The van der Waals surface area contributed by atoms with Crippen molar-refractivity contribution in [2.75, 3.05) is 7.11 Å². The highest BCUT2D eigenvalue weighted by Gasteiger charge is 2.17. The molecule has 1 unspecified atom stereocenters. The van der Waals surface area contributed by atoms with Gasteiger partial charge in [0.15, 0.2) is 0 Å². The monoisotopic (exact) mass is 268 g/mol. The van der Waals surface area contributed by atoms with Crippen LogP contribution in [0.25, 0.3) is 11.5 Å². The molecule has 1 N–H and O–H groups in total. The highest BCUT2D eigenvalue weighted by atomic mass is 35.5. The van der Waals surface area contributed by atoms with Crippen molar-refractivity contribution in [3.63, 3.8) is 0 Å². The number of aromatic nitrogens is 2. The van der Waals surface area contributed by atoms with E-state index in [1.165, 1.54) is 7.11 Å². The number of nitrogens with zero attached hydrogens (tertiary/aromatic N) is 2. The van der Waals surface area contributed by atoms with Gasteiger partial charge in [0.1, 0.15) is 11.9 Å². The van der Waals surface area contributed by atoms with E-state index in [0.29, 0.717) is 28.6 Å². The summed E-state index contributed by atoms with van der Waals surface area (Å²) in [7, 11) is 1.54. The minimum absolute atomic E-state index is 0.268. The highest BCUT2D eigenvalue weighted by molar-refractivity contribution is 6.30. The number of halogens is 1. The van der Waals surface area contributed by atoms with Crippen LogP contribution in [0, 0.1) is 0 Å². The van der Waals surface area contributed by atoms with Gasteiger partial charge in [0.2, 0.25) is 5.82 Å². The third-order valence-electron chi connectivity index (χ3n) is 2.52. The van der Waals surface area contributed by atoms with Gasteiger partial charge in [-0.05, 0) is 24.6 Å². The minimum Gasteiger partial charge on any atom is -0.496 e. The summed E-state index contributed by atoms with van der Waals surface area (Å²) in [4.78, 5) is 4.14. The average molecular weight is 269 g/mol. The zero-order valence-electron chi connectivity index (χ0n) is 10.1. The number of hydrogen-bond acceptors (Lipinski definition) is 5. The van der Waals surface area contributed by atoms with Gasteiger partial charge in [0, 0.05) is 5.02 Å². The molecule has 0 saturated heterocycles. The van der Waals surface area contributed by atoms with Gasteiger partial charge in [0.25, 0.3) is 5.89 Å². The second-order valence-corrected chi connectivity index (χ2v) is 4.16. The fraction of sp³-hybridized carbons (Fsp3) is 0.333. The molecule has 0 bridgehead atoms. The van der Waals surface area contributed by atoms with Gasteiger partial charge in [0.05, 0.1) is 12.7 Å². The molecule has 1 atom stereocenters. The molecule has 1 heterocycles. The topological polar surface area (TPSA) is 68.4 Å². The van der Waals surface area contributed by atoms with E-state index in [-0.39, 0.29) is 5.82 Å². The van der Waals surface area contributed by atoms with Gasteiger partial charge in [-0.25, -0.2) is 0 Å². The maximum atomic E-state index is 9.62. The Kier molecular flexibility index (Phi) is 3.84. The first kappa shape index (κ1) is 12.9. The van der Waals surface area contributed by atoms with Crippen LogP contribution >= 0.6 is 11.6 Å². The van der Waals surface area contributed by atoms with Gasteiger partial charge >= 0.3 is 0 Å². The fourth-order valence-electron chi connectivity index (χ4n) is 1.50. The lowest BCUT2D eigenvalue weighted by Crippen LogP contribution is -1.97. The summed E-state index contributed by atoms with van der Waals surface area (Å²) in [6, 6.07) is 5.10. The standard InChI is InChI=1S/C12H13ClN2O3/c1-3-9(16)11-14-12(18-15-11)8-5-4-7(13)6-10(8)17-2/h4-6,9,16H,3H2,1-2H3. The first-order valence-corrected chi connectivity index (χ1v) is 5.89. The predicted octanol–water partition coefficient (Wildman–Crippen LogP) is 2.84. The third kappa shape index (κ3) is 2.47. The Morgan fingerprint density at radius 1 is 1.50 bits per heavy atom. The lowest BCUT2D eigenvalue weighted by molar-refractivity contribution is 0.159. The Balaban J connectivity index is 2.39. The van der Waals surface area contributed by atoms with Crippen LogP contribution in [-0.2, 0) is 0 Å². The summed E-state index contributed by atoms with van der Waals surface area (Å²) in [6.45, 7) is 1.84. The van der Waals surface area contributed by atoms with Crippen LogP contribution in [0.4, 0.5) is 0 Å². The molecule has 6 heteroatoms. The lowest BCUT2D eigenvalue weighted by Gasteiger charge is -2.04. The normalized spacial score (nSPS) is 12.4. The summed E-state index contributed by atoms with van der Waals surface area (Å²) in [6.07, 6.45) is -0.197. The van der Waals surface area contributed by atoms with Crippen molar-refractivity contribution in [1.29, 1.82) is 0 Å². The molecule has 1 aromatic carbocycles. The van der Waals surface area contributed by atoms with Crippen molar-refractivity contribution in [3.05, 3.63) is 29.0 Å². The van der Waals surface area contributed by atoms with Crippen molar-refractivity contribution in [1.82, 2.24) is 10.1 Å². The molecule has 1 aromatic heterocycles. The zero-order chi connectivity index (χ0) is 13.1. The van der Waals surface area contributed by atoms with E-state index in [1.807, 2.05) is 6.92 Å². The van der Waals surface area contributed by atoms with Gasteiger partial charge < -0.3 is 14.4 Å². The molecule has 2 rings (SSSR count). The number of methoxy groups -OCH3 is 1. The zero-order valence-corrected chi connectivity index (χ0v) is 10.8. The molecule has 96 valence electrons. The predicted molar refractivity (Wildman–Crippen MR) is 66.5 cm³/mol. The molecule has 0 aliphatic carbocycles. The van der Waals surface area contributed by atoms with E-state index >= 15 is 0 Å². The maximum absolute atomic E-state index is 9.62. The van der Waals surface area contributed by atoms with E-state index in [0.717, 1.165) is 0 Å². The van der Waals surface area contributed by atoms with Crippen LogP contribution < -0.4 is 4.74 Å². The Labute approximate surface area is 109 Å². The number of aliphatic hydroxyl groups excluding tert-OH is 1. The molecular formula is C12H13ClN2O3. The Hall–Kier alpha value is -1.59. The molecule has 0 fully saturated rings. The van der Waals surface area contributed by atoms with Crippen molar-refractivity contribution in [2.45, 2.75) is 19.4 Å². The summed E-state index contributed by atoms with van der Waals surface area (Å²) >= 11 is 5.87. The molecule has 0 radical (unpaired) electrons. The maximum Gasteiger partial charge on any atom is 0.261 e. The van der Waals surface area contributed by atoms with Crippen molar-refractivity contribution < 1.29 is 14.4 Å². The van der Waals surface area contributed by atoms with Gasteiger partial charge in [-0.1, -0.05) is 23.7 Å². The molecule has 0 spiro atoms. The van der Waals surface area contributed by atoms with Crippen molar-refractivity contribution >= 4 is 11.6 Å². The third-order valence-corrected chi connectivity index (χ3v) is 2.76. The summed E-state index contributed by atoms with van der Waals surface area (Å²) in [5, 5.41) is 13.9. The van der Waals surface area contributed by atoms with Crippen LogP contribution in [0.5, 0.6) is 5.75 Å². The smallest absolute Gasteiger partial charge is 0.261 e. The van der Waals surface area contributed by atoms with Crippen LogP contribution in [-0.4, -0.2) is 22.4 Å². The summed E-state index contributed by atoms with van der Waals surface area (Å²) < 4.78 is 10.3. The first-order valence-electron chi connectivity index (χ1n) is 5.51. The number of rotatable bonds is 4. The Morgan fingerprint density at radius 3 is 2.94 bits per heavy atom. The number of benzene rings is 1. The highest BCUT2D eigenvalue weighted by Crippen LogP contribution is 2.31. The molecule has 0 saturated carbocycles. The molecule has 0 aliphatic rings. The van der Waals surface area contributed by atoms with E-state index < -0.39 is 6.10 Å². The molecule has 0 aliphatic heterocycles. The van der Waals surface area contributed by atoms with Gasteiger partial charge in [-0.3, -0.25) is 0 Å². The molecule has 2 aromatic rings. The number of aliphatic hydroxyl groups is 1. The average Bonchev–Trinajstić information content (AvgIpc) is 2.87. The van der Waals surface area contributed by atoms with Crippen LogP contribution in [0.15, 0.2) is 22.7 Å². The fourth-order valence-corrected chi connectivity index (χ4v) is 1.67. The Morgan fingerprint density at radius 2 is 2.28 bits per heavy atom. The van der Waals surface area contributed by atoms with E-state index in [1.54, 1.807) is 18.2 Å². The van der Waals surface area contributed by atoms with Crippen LogP contribution in [0.1, 0.15) is 25.3 Å². The molecular weight excluding hydrogens is 256 g/mol. The number of hydrogen-bond donors (Lipinski definition) is 1. The van der Waals surface area contributed by atoms with Gasteiger partial charge in [-0.2, -0.15) is 4.98 Å². The van der Waals surface area contributed by atoms with E-state index in [2.05, 4.69) is 10.1 Å². The van der Waals surface area contributed by atoms with E-state index in [4.69, 9.17) is 20.9 Å². The summed E-state index contributed by atoms with van der Waals surface area (Å²) in [5.41, 5.74) is 0.643. The second kappa shape index (κ2) is 5.37. The first-order chi connectivity index (χ1) is 8.65. The quantitative estimate of drug-likeness (QED) is 0.923. The van der Waals surface area contributed by atoms with E-state index in [9.17, 15) is 5.11 Å².